The zero-order chi connectivity index (χ0) is 24.7. The first-order valence-corrected chi connectivity index (χ1v) is 11.6. The van der Waals surface area contributed by atoms with Gasteiger partial charge in [0.25, 0.3) is 0 Å². The molecule has 0 aliphatic heterocycles. The van der Waals surface area contributed by atoms with Gasteiger partial charge in [-0.05, 0) is 32.2 Å². The fraction of sp³-hybridized carbons (Fsp3) is 0.833. The van der Waals surface area contributed by atoms with Crippen molar-refractivity contribution in [2.75, 3.05) is 66.3 Å². The summed E-state index contributed by atoms with van der Waals surface area (Å²) in [7, 11) is 1.92. The van der Waals surface area contributed by atoms with E-state index in [9.17, 15) is 9.59 Å². The highest BCUT2D eigenvalue weighted by molar-refractivity contribution is 5.69. The van der Waals surface area contributed by atoms with Crippen LogP contribution in [0.4, 0.5) is 0 Å². The zero-order valence-electron chi connectivity index (χ0n) is 21.3. The minimum Gasteiger partial charge on any atom is -0.463 e. The molecule has 0 aromatic carbocycles. The van der Waals surface area contributed by atoms with Gasteiger partial charge in [-0.3, -0.25) is 9.59 Å². The number of likely N-dealkylation sites (N-methyl/N-ethyl adjacent to an activating group) is 1. The van der Waals surface area contributed by atoms with Crippen LogP contribution in [0.3, 0.4) is 0 Å². The number of ether oxygens (including phenoxy) is 4. The van der Waals surface area contributed by atoms with E-state index in [1.165, 1.54) is 0 Å². The molecule has 0 spiro atoms. The van der Waals surface area contributed by atoms with Crippen molar-refractivity contribution in [3.05, 3.63) is 12.2 Å². The maximum atomic E-state index is 11.6. The topological polar surface area (TPSA) is 100 Å². The number of hydrogen-bond acceptors (Lipinski definition) is 8. The number of allylic oxidation sites excluding steroid dienone is 2. The van der Waals surface area contributed by atoms with Crippen LogP contribution in [0.15, 0.2) is 12.2 Å². The minimum atomic E-state index is -0.262. The number of esters is 2. The normalized spacial score (nSPS) is 11.4. The van der Waals surface area contributed by atoms with Crippen LogP contribution in [0.2, 0.25) is 0 Å². The summed E-state index contributed by atoms with van der Waals surface area (Å²) >= 11 is 0. The smallest absolute Gasteiger partial charge is 0.307 e. The Balaban J connectivity index is 0. The molecule has 0 aliphatic carbocycles. The van der Waals surface area contributed by atoms with Gasteiger partial charge in [-0.25, -0.2) is 0 Å². The third-order valence-electron chi connectivity index (χ3n) is 4.11. The maximum Gasteiger partial charge on any atom is 0.307 e. The maximum absolute atomic E-state index is 11.6. The van der Waals surface area contributed by atoms with Gasteiger partial charge in [-0.1, -0.05) is 39.8 Å². The van der Waals surface area contributed by atoms with Gasteiger partial charge in [-0.15, -0.1) is 0 Å². The average molecular weight is 461 g/mol. The first-order chi connectivity index (χ1) is 15.2. The van der Waals surface area contributed by atoms with E-state index < -0.39 is 0 Å². The molecule has 0 saturated carbocycles. The van der Waals surface area contributed by atoms with Crippen LogP contribution in [0, 0.1) is 5.41 Å². The van der Waals surface area contributed by atoms with Crippen LogP contribution < -0.4 is 5.73 Å². The lowest BCUT2D eigenvalue weighted by molar-refractivity contribution is -0.147. The summed E-state index contributed by atoms with van der Waals surface area (Å²) in [6.07, 6.45) is 6.86. The molecule has 32 heavy (non-hydrogen) atoms. The Bertz CT molecular complexity index is 478. The van der Waals surface area contributed by atoms with E-state index >= 15 is 0 Å². The quantitative estimate of drug-likeness (QED) is 0.201. The van der Waals surface area contributed by atoms with Gasteiger partial charge in [0.05, 0.1) is 32.8 Å². The van der Waals surface area contributed by atoms with Crippen molar-refractivity contribution in [2.24, 2.45) is 11.1 Å². The van der Waals surface area contributed by atoms with E-state index in [0.29, 0.717) is 45.8 Å². The monoisotopic (exact) mass is 460 g/mol. The van der Waals surface area contributed by atoms with Crippen molar-refractivity contribution in [2.45, 2.75) is 60.3 Å². The highest BCUT2D eigenvalue weighted by atomic mass is 16.6. The van der Waals surface area contributed by atoms with Crippen LogP contribution in [0.25, 0.3) is 0 Å². The summed E-state index contributed by atoms with van der Waals surface area (Å²) in [4.78, 5) is 25.2. The fourth-order valence-electron chi connectivity index (χ4n) is 2.19. The van der Waals surface area contributed by atoms with Gasteiger partial charge in [0, 0.05) is 26.1 Å². The highest BCUT2D eigenvalue weighted by Gasteiger charge is 2.13. The molecule has 0 atom stereocenters. The molecule has 190 valence electrons. The SMILES string of the molecule is CC=CCC.CN(CCOCCN)CCC(=O)OCCOCCOC(=O)CCC(C)(C)C. The van der Waals surface area contributed by atoms with Crippen LogP contribution in [0.5, 0.6) is 0 Å². The molecule has 0 aromatic rings. The Morgan fingerprint density at radius 1 is 0.875 bits per heavy atom. The largest absolute Gasteiger partial charge is 0.463 e. The molecule has 8 heteroatoms. The van der Waals surface area contributed by atoms with Gasteiger partial charge in [0.2, 0.25) is 0 Å². The third kappa shape index (κ3) is 28.5. The molecule has 0 unspecified atom stereocenters. The Labute approximate surface area is 195 Å². The zero-order valence-corrected chi connectivity index (χ0v) is 21.3. The molecule has 0 heterocycles. The van der Waals surface area contributed by atoms with E-state index in [0.717, 1.165) is 19.4 Å². The summed E-state index contributed by atoms with van der Waals surface area (Å²) in [5.41, 5.74) is 5.45. The van der Waals surface area contributed by atoms with Gasteiger partial charge < -0.3 is 29.6 Å². The van der Waals surface area contributed by atoms with Crippen molar-refractivity contribution in [1.29, 1.82) is 0 Å². The Morgan fingerprint density at radius 2 is 1.44 bits per heavy atom. The minimum absolute atomic E-state index is 0.118. The van der Waals surface area contributed by atoms with E-state index in [1.54, 1.807) is 0 Å². The second-order valence-electron chi connectivity index (χ2n) is 8.55. The summed E-state index contributed by atoms with van der Waals surface area (Å²) in [5, 5.41) is 0. The molecule has 0 aliphatic rings. The lowest BCUT2D eigenvalue weighted by atomic mass is 9.91. The Morgan fingerprint density at radius 3 is 1.91 bits per heavy atom. The molecule has 0 amide bonds. The van der Waals surface area contributed by atoms with E-state index in [4.69, 9.17) is 24.7 Å². The molecule has 0 fully saturated rings. The van der Waals surface area contributed by atoms with Crippen LogP contribution in [-0.4, -0.2) is 83.2 Å². The first-order valence-electron chi connectivity index (χ1n) is 11.6. The number of nitrogens with zero attached hydrogens (tertiary/aromatic N) is 1. The summed E-state index contributed by atoms with van der Waals surface area (Å²) in [5.74, 6) is -0.473. The fourth-order valence-corrected chi connectivity index (χ4v) is 2.19. The summed E-state index contributed by atoms with van der Waals surface area (Å²) in [6, 6.07) is 0. The molecule has 2 N–H and O–H groups in total. The highest BCUT2D eigenvalue weighted by Crippen LogP contribution is 2.20. The number of carbonyl (C=O) groups is 2. The lowest BCUT2D eigenvalue weighted by Gasteiger charge is -2.17. The van der Waals surface area contributed by atoms with Crippen LogP contribution in [-0.2, 0) is 28.5 Å². The molecular formula is C24H48N2O6. The van der Waals surface area contributed by atoms with Gasteiger partial charge in [-0.2, -0.15) is 0 Å². The number of hydrogen-bond donors (Lipinski definition) is 1. The molecule has 0 radical (unpaired) electrons. The molecular weight excluding hydrogens is 412 g/mol. The van der Waals surface area contributed by atoms with Crippen molar-refractivity contribution in [3.8, 4) is 0 Å². The number of rotatable bonds is 17. The molecule has 0 bridgehead atoms. The average Bonchev–Trinajstić information content (AvgIpc) is 2.73. The standard InChI is InChI=1S/C19H38N2O6.C5H10/c1-19(2,3)7-5-17(22)26-15-13-25-14-16-27-18(23)6-9-21(4)10-12-24-11-8-20;1-3-5-4-2/h5-16,20H2,1-4H3;3,5H,4H2,1-2H3. The second kappa shape index (κ2) is 22.7. The van der Waals surface area contributed by atoms with Crippen molar-refractivity contribution < 1.29 is 28.5 Å². The van der Waals surface area contributed by atoms with E-state index in [-0.39, 0.29) is 37.2 Å². The molecule has 0 aromatic heterocycles. The molecule has 8 nitrogen and oxygen atoms in total. The third-order valence-corrected chi connectivity index (χ3v) is 4.11. The Hall–Kier alpha value is -1.48. The van der Waals surface area contributed by atoms with Gasteiger partial charge in [0.15, 0.2) is 0 Å². The van der Waals surface area contributed by atoms with Crippen LogP contribution >= 0.6 is 0 Å². The first kappa shape index (κ1) is 32.7. The van der Waals surface area contributed by atoms with Crippen molar-refractivity contribution in [3.63, 3.8) is 0 Å². The second-order valence-corrected chi connectivity index (χ2v) is 8.55. The molecule has 0 rings (SSSR count). The van der Waals surface area contributed by atoms with E-state index in [1.807, 2.05) is 18.9 Å². The summed E-state index contributed by atoms with van der Waals surface area (Å²) < 4.78 is 20.8. The molecule has 0 saturated heterocycles. The predicted octanol–water partition coefficient (Wildman–Crippen LogP) is 3.19. The van der Waals surface area contributed by atoms with Crippen molar-refractivity contribution >= 4 is 11.9 Å². The van der Waals surface area contributed by atoms with Crippen LogP contribution in [0.1, 0.15) is 60.3 Å². The van der Waals surface area contributed by atoms with E-state index in [2.05, 4.69) is 39.8 Å². The van der Waals surface area contributed by atoms with Gasteiger partial charge >= 0.3 is 11.9 Å². The number of carbonyl (C=O) groups excluding carboxylic acids is 2. The Kier molecular flexibility index (Phi) is 23.2. The summed E-state index contributed by atoms with van der Waals surface area (Å²) in [6.45, 7) is 14.4. The predicted molar refractivity (Wildman–Crippen MR) is 129 cm³/mol. The number of nitrogens with two attached hydrogens (primary N) is 1. The lowest BCUT2D eigenvalue weighted by Crippen LogP contribution is -2.27. The van der Waals surface area contributed by atoms with Crippen molar-refractivity contribution in [1.82, 2.24) is 4.90 Å². The van der Waals surface area contributed by atoms with Gasteiger partial charge in [0.1, 0.15) is 13.2 Å².